The summed E-state index contributed by atoms with van der Waals surface area (Å²) in [6.45, 7) is 4.22. The van der Waals surface area contributed by atoms with Crippen LogP contribution >= 0.6 is 15.9 Å². The van der Waals surface area contributed by atoms with Crippen molar-refractivity contribution in [1.29, 1.82) is 0 Å². The van der Waals surface area contributed by atoms with Gasteiger partial charge in [0.15, 0.2) is 0 Å². The van der Waals surface area contributed by atoms with E-state index in [-0.39, 0.29) is 0 Å². The van der Waals surface area contributed by atoms with Gasteiger partial charge in [-0.1, -0.05) is 12.1 Å². The predicted molar refractivity (Wildman–Crippen MR) is 92.0 cm³/mol. The maximum Gasteiger partial charge on any atom is 0.128 e. The first-order valence-corrected chi connectivity index (χ1v) is 8.20. The monoisotopic (exact) mass is 345 g/mol. The summed E-state index contributed by atoms with van der Waals surface area (Å²) in [5, 5.41) is 3.65. The lowest BCUT2D eigenvalue weighted by atomic mass is 10.0. The van der Waals surface area contributed by atoms with Crippen molar-refractivity contribution < 1.29 is 0 Å². The van der Waals surface area contributed by atoms with Crippen molar-refractivity contribution in [2.24, 2.45) is 0 Å². The fourth-order valence-electron chi connectivity index (χ4n) is 2.75. The van der Waals surface area contributed by atoms with Gasteiger partial charge in [-0.05, 0) is 65.5 Å². The lowest BCUT2D eigenvalue weighted by Gasteiger charge is -2.33. The molecule has 3 rings (SSSR count). The second-order valence-electron chi connectivity index (χ2n) is 5.58. The molecule has 4 heteroatoms. The first-order chi connectivity index (χ1) is 10.2. The average molecular weight is 346 g/mol. The SMILES string of the molecule is Cc1ccc(NC2CCN(c3ccccn3)CC2)c(Br)c1. The maximum atomic E-state index is 4.43. The molecule has 110 valence electrons. The summed E-state index contributed by atoms with van der Waals surface area (Å²) in [7, 11) is 0. The Kier molecular flexibility index (Phi) is 4.44. The number of piperidine rings is 1. The smallest absolute Gasteiger partial charge is 0.128 e. The van der Waals surface area contributed by atoms with Gasteiger partial charge in [-0.3, -0.25) is 0 Å². The van der Waals surface area contributed by atoms with Crippen LogP contribution in [0.25, 0.3) is 0 Å². The third-order valence-electron chi connectivity index (χ3n) is 3.95. The van der Waals surface area contributed by atoms with Crippen molar-refractivity contribution >= 4 is 27.4 Å². The van der Waals surface area contributed by atoms with Crippen LogP contribution in [-0.2, 0) is 0 Å². The summed E-state index contributed by atoms with van der Waals surface area (Å²) in [6, 6.07) is 13.1. The summed E-state index contributed by atoms with van der Waals surface area (Å²) in [5.41, 5.74) is 2.47. The Morgan fingerprint density at radius 3 is 2.67 bits per heavy atom. The molecule has 1 aromatic carbocycles. The van der Waals surface area contributed by atoms with Gasteiger partial charge in [0.1, 0.15) is 5.82 Å². The van der Waals surface area contributed by atoms with Crippen LogP contribution in [0.4, 0.5) is 11.5 Å². The van der Waals surface area contributed by atoms with Crippen molar-refractivity contribution in [3.05, 3.63) is 52.6 Å². The first kappa shape index (κ1) is 14.4. The molecule has 1 aliphatic heterocycles. The van der Waals surface area contributed by atoms with E-state index in [9.17, 15) is 0 Å². The van der Waals surface area contributed by atoms with E-state index in [4.69, 9.17) is 0 Å². The third kappa shape index (κ3) is 3.56. The van der Waals surface area contributed by atoms with E-state index in [0.29, 0.717) is 6.04 Å². The fraction of sp³-hybridized carbons (Fsp3) is 0.353. The van der Waals surface area contributed by atoms with Crippen LogP contribution in [0, 0.1) is 6.92 Å². The molecule has 0 radical (unpaired) electrons. The number of pyridine rings is 1. The molecule has 0 amide bonds. The van der Waals surface area contributed by atoms with E-state index in [1.165, 1.54) is 11.3 Å². The number of halogens is 1. The van der Waals surface area contributed by atoms with Gasteiger partial charge >= 0.3 is 0 Å². The Labute approximate surface area is 134 Å². The van der Waals surface area contributed by atoms with Gasteiger partial charge in [-0.15, -0.1) is 0 Å². The zero-order valence-corrected chi connectivity index (χ0v) is 13.8. The van der Waals surface area contributed by atoms with Gasteiger partial charge in [0.2, 0.25) is 0 Å². The van der Waals surface area contributed by atoms with Crippen LogP contribution in [0.1, 0.15) is 18.4 Å². The summed E-state index contributed by atoms with van der Waals surface area (Å²) in [6.07, 6.45) is 4.14. The van der Waals surface area contributed by atoms with Gasteiger partial charge < -0.3 is 10.2 Å². The van der Waals surface area contributed by atoms with E-state index < -0.39 is 0 Å². The molecule has 0 unspecified atom stereocenters. The van der Waals surface area contributed by atoms with Crippen LogP contribution < -0.4 is 10.2 Å². The van der Waals surface area contributed by atoms with E-state index in [0.717, 1.165) is 36.2 Å². The lowest BCUT2D eigenvalue weighted by Crippen LogP contribution is -2.39. The summed E-state index contributed by atoms with van der Waals surface area (Å²) < 4.78 is 1.15. The first-order valence-electron chi connectivity index (χ1n) is 7.41. The standard InChI is InChI=1S/C17H20BrN3/c1-13-5-6-16(15(18)12-13)20-14-7-10-21(11-8-14)17-4-2-3-9-19-17/h2-6,9,12,14,20H,7-8,10-11H2,1H3. The van der Waals surface area contributed by atoms with Crippen molar-refractivity contribution in [2.75, 3.05) is 23.3 Å². The van der Waals surface area contributed by atoms with Gasteiger partial charge in [0.05, 0.1) is 0 Å². The summed E-state index contributed by atoms with van der Waals surface area (Å²) >= 11 is 3.64. The van der Waals surface area contributed by atoms with Gasteiger partial charge in [-0.25, -0.2) is 4.98 Å². The number of hydrogen-bond donors (Lipinski definition) is 1. The number of hydrogen-bond acceptors (Lipinski definition) is 3. The zero-order chi connectivity index (χ0) is 14.7. The number of aryl methyl sites for hydroxylation is 1. The molecular weight excluding hydrogens is 326 g/mol. The van der Waals surface area contributed by atoms with Crippen molar-refractivity contribution in [1.82, 2.24) is 4.98 Å². The Bertz CT molecular complexity index is 592. The lowest BCUT2D eigenvalue weighted by molar-refractivity contribution is 0.523. The second-order valence-corrected chi connectivity index (χ2v) is 6.43. The van der Waals surface area contributed by atoms with E-state index in [1.54, 1.807) is 0 Å². The number of rotatable bonds is 3. The Morgan fingerprint density at radius 2 is 2.00 bits per heavy atom. The van der Waals surface area contributed by atoms with Crippen molar-refractivity contribution in [3.8, 4) is 0 Å². The molecule has 0 aliphatic carbocycles. The molecule has 1 aromatic heterocycles. The minimum absolute atomic E-state index is 0.531. The normalized spacial score (nSPS) is 16.0. The molecule has 0 saturated carbocycles. The molecule has 1 N–H and O–H groups in total. The number of nitrogens with zero attached hydrogens (tertiary/aromatic N) is 2. The van der Waals surface area contributed by atoms with E-state index in [1.807, 2.05) is 12.3 Å². The van der Waals surface area contributed by atoms with Crippen molar-refractivity contribution in [3.63, 3.8) is 0 Å². The largest absolute Gasteiger partial charge is 0.381 e. The minimum atomic E-state index is 0.531. The predicted octanol–water partition coefficient (Wildman–Crippen LogP) is 4.23. The third-order valence-corrected chi connectivity index (χ3v) is 4.61. The van der Waals surface area contributed by atoms with Crippen LogP contribution in [0.3, 0.4) is 0 Å². The average Bonchev–Trinajstić information content (AvgIpc) is 2.52. The van der Waals surface area contributed by atoms with Crippen LogP contribution in [0.2, 0.25) is 0 Å². The fourth-order valence-corrected chi connectivity index (χ4v) is 3.36. The molecule has 2 heterocycles. The highest BCUT2D eigenvalue weighted by atomic mass is 79.9. The molecule has 1 saturated heterocycles. The minimum Gasteiger partial charge on any atom is -0.381 e. The van der Waals surface area contributed by atoms with Gasteiger partial charge in [0.25, 0.3) is 0 Å². The molecule has 0 spiro atoms. The van der Waals surface area contributed by atoms with Gasteiger partial charge in [0, 0.05) is 35.5 Å². The number of anilines is 2. The molecule has 3 nitrogen and oxygen atoms in total. The molecule has 2 aromatic rings. The Hall–Kier alpha value is -1.55. The summed E-state index contributed by atoms with van der Waals surface area (Å²) in [4.78, 5) is 6.80. The van der Waals surface area contributed by atoms with E-state index >= 15 is 0 Å². The molecule has 21 heavy (non-hydrogen) atoms. The van der Waals surface area contributed by atoms with Crippen LogP contribution in [-0.4, -0.2) is 24.1 Å². The number of nitrogens with one attached hydrogen (secondary N) is 1. The Balaban J connectivity index is 1.59. The quantitative estimate of drug-likeness (QED) is 0.901. The van der Waals surface area contributed by atoms with Crippen molar-refractivity contribution in [2.45, 2.75) is 25.8 Å². The number of aromatic nitrogens is 1. The molecule has 0 bridgehead atoms. The molecule has 1 aliphatic rings. The number of benzene rings is 1. The molecular formula is C17H20BrN3. The highest BCUT2D eigenvalue weighted by Crippen LogP contribution is 2.26. The van der Waals surface area contributed by atoms with Gasteiger partial charge in [-0.2, -0.15) is 0 Å². The molecule has 0 atom stereocenters. The van der Waals surface area contributed by atoms with Crippen LogP contribution in [0.15, 0.2) is 47.1 Å². The highest BCUT2D eigenvalue weighted by molar-refractivity contribution is 9.10. The Morgan fingerprint density at radius 1 is 1.19 bits per heavy atom. The van der Waals surface area contributed by atoms with E-state index in [2.05, 4.69) is 68.4 Å². The topological polar surface area (TPSA) is 28.2 Å². The second kappa shape index (κ2) is 6.48. The zero-order valence-electron chi connectivity index (χ0n) is 12.2. The summed E-state index contributed by atoms with van der Waals surface area (Å²) in [5.74, 6) is 1.09. The molecule has 1 fully saturated rings. The highest BCUT2D eigenvalue weighted by Gasteiger charge is 2.20. The van der Waals surface area contributed by atoms with Crippen LogP contribution in [0.5, 0.6) is 0 Å². The maximum absolute atomic E-state index is 4.43.